The maximum Gasteiger partial charge on any atom is 0.222 e. The van der Waals surface area contributed by atoms with Gasteiger partial charge in [0.1, 0.15) is 0 Å². The van der Waals surface area contributed by atoms with E-state index in [1.54, 1.807) is 0 Å². The minimum atomic E-state index is 0.295. The minimum absolute atomic E-state index is 0.295. The van der Waals surface area contributed by atoms with Crippen molar-refractivity contribution in [2.45, 2.75) is 50.9 Å². The lowest BCUT2D eigenvalue weighted by Crippen LogP contribution is -2.40. The standard InChI is InChI=1S/C20H29NO2/c22-12-4-5-16-8-10-21(11-9-16)20(23)15-17-13-19(14-17)18-6-2-1-3-7-18/h1-3,6-7,16-17,19,22H,4-5,8-15H2. The molecule has 1 aromatic carbocycles. The molecule has 3 heteroatoms. The van der Waals surface area contributed by atoms with Crippen LogP contribution in [0.2, 0.25) is 0 Å². The SMILES string of the molecule is O=C(CC1CC(c2ccccc2)C1)N1CCC(CCCO)CC1. The van der Waals surface area contributed by atoms with E-state index in [1.807, 2.05) is 0 Å². The molecule has 126 valence electrons. The fourth-order valence-electron chi connectivity index (χ4n) is 4.13. The van der Waals surface area contributed by atoms with Gasteiger partial charge in [0.15, 0.2) is 0 Å². The van der Waals surface area contributed by atoms with Crippen molar-refractivity contribution in [3.63, 3.8) is 0 Å². The Bertz CT molecular complexity index is 488. The Morgan fingerprint density at radius 3 is 2.43 bits per heavy atom. The Labute approximate surface area is 139 Å². The van der Waals surface area contributed by atoms with Gasteiger partial charge in [-0.15, -0.1) is 0 Å². The van der Waals surface area contributed by atoms with E-state index < -0.39 is 0 Å². The van der Waals surface area contributed by atoms with Crippen molar-refractivity contribution in [2.75, 3.05) is 19.7 Å². The molecule has 2 fully saturated rings. The molecular formula is C20H29NO2. The molecule has 0 spiro atoms. The number of hydrogen-bond donors (Lipinski definition) is 1. The molecule has 0 aromatic heterocycles. The molecular weight excluding hydrogens is 286 g/mol. The van der Waals surface area contributed by atoms with Crippen LogP contribution >= 0.6 is 0 Å². The van der Waals surface area contributed by atoms with Gasteiger partial charge < -0.3 is 10.0 Å². The first-order chi connectivity index (χ1) is 11.3. The molecule has 1 aromatic rings. The highest BCUT2D eigenvalue weighted by molar-refractivity contribution is 5.76. The summed E-state index contributed by atoms with van der Waals surface area (Å²) in [6.07, 6.45) is 7.32. The number of benzene rings is 1. The summed E-state index contributed by atoms with van der Waals surface area (Å²) in [5.74, 6) is 2.32. The summed E-state index contributed by atoms with van der Waals surface area (Å²) < 4.78 is 0. The number of aliphatic hydroxyl groups excluding tert-OH is 1. The van der Waals surface area contributed by atoms with Gasteiger partial charge in [-0.1, -0.05) is 30.3 Å². The molecule has 3 rings (SSSR count). The van der Waals surface area contributed by atoms with Crippen LogP contribution in [0.5, 0.6) is 0 Å². The molecule has 1 saturated carbocycles. The maximum atomic E-state index is 12.5. The summed E-state index contributed by atoms with van der Waals surface area (Å²) in [4.78, 5) is 14.5. The van der Waals surface area contributed by atoms with Crippen molar-refractivity contribution in [1.82, 2.24) is 4.90 Å². The van der Waals surface area contributed by atoms with E-state index in [2.05, 4.69) is 35.2 Å². The maximum absolute atomic E-state index is 12.5. The Balaban J connectivity index is 1.36. The van der Waals surface area contributed by atoms with Crippen LogP contribution in [0.15, 0.2) is 30.3 Å². The Morgan fingerprint density at radius 2 is 1.78 bits per heavy atom. The van der Waals surface area contributed by atoms with E-state index in [4.69, 9.17) is 5.11 Å². The molecule has 1 N–H and O–H groups in total. The summed E-state index contributed by atoms with van der Waals surface area (Å²) in [7, 11) is 0. The molecule has 1 amide bonds. The van der Waals surface area contributed by atoms with Crippen LogP contribution in [-0.2, 0) is 4.79 Å². The fraction of sp³-hybridized carbons (Fsp3) is 0.650. The zero-order valence-electron chi connectivity index (χ0n) is 14.0. The molecule has 1 aliphatic carbocycles. The predicted molar refractivity (Wildman–Crippen MR) is 92.1 cm³/mol. The van der Waals surface area contributed by atoms with Crippen LogP contribution in [-0.4, -0.2) is 35.6 Å². The first kappa shape index (κ1) is 16.5. The van der Waals surface area contributed by atoms with Crippen LogP contribution in [0.3, 0.4) is 0 Å². The molecule has 2 aliphatic rings. The zero-order valence-corrected chi connectivity index (χ0v) is 14.0. The molecule has 0 bridgehead atoms. The molecule has 1 saturated heterocycles. The largest absolute Gasteiger partial charge is 0.396 e. The van der Waals surface area contributed by atoms with Gasteiger partial charge in [0.05, 0.1) is 0 Å². The monoisotopic (exact) mass is 315 g/mol. The number of hydrogen-bond acceptors (Lipinski definition) is 2. The number of carbonyl (C=O) groups is 1. The van der Waals surface area contributed by atoms with Crippen molar-refractivity contribution < 1.29 is 9.90 Å². The molecule has 0 unspecified atom stereocenters. The van der Waals surface area contributed by atoms with Crippen LogP contribution in [0.1, 0.15) is 56.4 Å². The summed E-state index contributed by atoms with van der Waals surface area (Å²) in [5, 5.41) is 8.91. The van der Waals surface area contributed by atoms with Gasteiger partial charge >= 0.3 is 0 Å². The van der Waals surface area contributed by atoms with Gasteiger partial charge in [-0.3, -0.25) is 4.79 Å². The lowest BCUT2D eigenvalue weighted by molar-refractivity contribution is -0.134. The number of nitrogens with zero attached hydrogens (tertiary/aromatic N) is 1. The lowest BCUT2D eigenvalue weighted by atomic mass is 9.70. The van der Waals surface area contributed by atoms with E-state index in [0.29, 0.717) is 30.3 Å². The van der Waals surface area contributed by atoms with Crippen molar-refractivity contribution in [3.05, 3.63) is 35.9 Å². The van der Waals surface area contributed by atoms with E-state index in [0.717, 1.165) is 45.2 Å². The lowest BCUT2D eigenvalue weighted by Gasteiger charge is -2.38. The normalized spacial score (nSPS) is 25.2. The number of aliphatic hydroxyl groups is 1. The van der Waals surface area contributed by atoms with Crippen LogP contribution in [0.4, 0.5) is 0 Å². The quantitative estimate of drug-likeness (QED) is 0.871. The molecule has 23 heavy (non-hydrogen) atoms. The van der Waals surface area contributed by atoms with Gasteiger partial charge in [-0.05, 0) is 61.8 Å². The number of carbonyl (C=O) groups excluding carboxylic acids is 1. The first-order valence-corrected chi connectivity index (χ1v) is 9.20. The summed E-state index contributed by atoms with van der Waals surface area (Å²) in [6, 6.07) is 10.7. The van der Waals surface area contributed by atoms with Crippen LogP contribution < -0.4 is 0 Å². The number of rotatable bonds is 6. The smallest absolute Gasteiger partial charge is 0.222 e. The number of amides is 1. The highest BCUT2D eigenvalue weighted by Gasteiger charge is 2.33. The Hall–Kier alpha value is -1.35. The third-order valence-corrected chi connectivity index (χ3v) is 5.71. The minimum Gasteiger partial charge on any atom is -0.396 e. The van der Waals surface area contributed by atoms with E-state index in [9.17, 15) is 4.79 Å². The van der Waals surface area contributed by atoms with Crippen molar-refractivity contribution in [2.24, 2.45) is 11.8 Å². The second-order valence-electron chi connectivity index (χ2n) is 7.34. The van der Waals surface area contributed by atoms with Gasteiger partial charge in [0.2, 0.25) is 5.91 Å². The van der Waals surface area contributed by atoms with E-state index in [-0.39, 0.29) is 0 Å². The second kappa shape index (κ2) is 7.96. The van der Waals surface area contributed by atoms with Gasteiger partial charge in [0.25, 0.3) is 0 Å². The molecule has 1 aliphatic heterocycles. The summed E-state index contributed by atoms with van der Waals surface area (Å²) >= 11 is 0. The molecule has 1 heterocycles. The highest BCUT2D eigenvalue weighted by Crippen LogP contribution is 2.43. The van der Waals surface area contributed by atoms with Gasteiger partial charge in [0, 0.05) is 26.1 Å². The van der Waals surface area contributed by atoms with Crippen molar-refractivity contribution in [3.8, 4) is 0 Å². The van der Waals surface area contributed by atoms with Crippen LogP contribution in [0, 0.1) is 11.8 Å². The molecule has 0 atom stereocenters. The summed E-state index contributed by atoms with van der Waals surface area (Å²) in [6.45, 7) is 2.14. The summed E-state index contributed by atoms with van der Waals surface area (Å²) in [5.41, 5.74) is 1.43. The first-order valence-electron chi connectivity index (χ1n) is 9.20. The van der Waals surface area contributed by atoms with E-state index >= 15 is 0 Å². The fourth-order valence-corrected chi connectivity index (χ4v) is 4.13. The van der Waals surface area contributed by atoms with Crippen molar-refractivity contribution >= 4 is 5.91 Å². The van der Waals surface area contributed by atoms with Gasteiger partial charge in [-0.2, -0.15) is 0 Å². The Morgan fingerprint density at radius 1 is 1.09 bits per heavy atom. The number of likely N-dealkylation sites (tertiary alicyclic amines) is 1. The predicted octanol–water partition coefficient (Wildman–Crippen LogP) is 3.58. The van der Waals surface area contributed by atoms with Gasteiger partial charge in [-0.25, -0.2) is 0 Å². The molecule has 0 radical (unpaired) electrons. The topological polar surface area (TPSA) is 40.5 Å². The third-order valence-electron chi connectivity index (χ3n) is 5.71. The van der Waals surface area contributed by atoms with Crippen molar-refractivity contribution in [1.29, 1.82) is 0 Å². The van der Waals surface area contributed by atoms with E-state index in [1.165, 1.54) is 18.4 Å². The number of piperidine rings is 1. The second-order valence-corrected chi connectivity index (χ2v) is 7.34. The Kier molecular flexibility index (Phi) is 5.71. The average molecular weight is 315 g/mol. The zero-order chi connectivity index (χ0) is 16.1. The van der Waals surface area contributed by atoms with Crippen LogP contribution in [0.25, 0.3) is 0 Å². The molecule has 3 nitrogen and oxygen atoms in total. The highest BCUT2D eigenvalue weighted by atomic mass is 16.2. The third kappa shape index (κ3) is 4.35. The average Bonchev–Trinajstić information content (AvgIpc) is 2.57.